The highest BCUT2D eigenvalue weighted by Gasteiger charge is 2.58. The molecule has 4 heterocycles. The number of ether oxygens (including phenoxy) is 3. The molecule has 0 radical (unpaired) electrons. The Kier molecular flexibility index (Phi) is 2.37. The number of nitrogens with two attached hydrogens (primary N) is 1. The number of hydrogen-bond donors (Lipinski definition) is 2. The fourth-order valence-corrected chi connectivity index (χ4v) is 2.60. The normalized spacial score (nSPS) is 31.5. The Balaban J connectivity index is 1.80. The molecule has 20 heavy (non-hydrogen) atoms. The molecule has 3 N–H and O–H groups in total. The Labute approximate surface area is 113 Å². The molecular weight excluding hydrogens is 266 g/mol. The van der Waals surface area contributed by atoms with Crippen molar-refractivity contribution in [3.63, 3.8) is 0 Å². The van der Waals surface area contributed by atoms with Gasteiger partial charge in [-0.25, -0.2) is 4.98 Å². The molecule has 4 atom stereocenters. The lowest BCUT2D eigenvalue weighted by Gasteiger charge is -2.17. The summed E-state index contributed by atoms with van der Waals surface area (Å²) in [5.41, 5.74) is 6.70. The smallest absolute Gasteiger partial charge is 0.246 e. The Morgan fingerprint density at radius 1 is 1.40 bits per heavy atom. The first-order valence-corrected chi connectivity index (χ1v) is 6.18. The molecule has 0 amide bonds. The van der Waals surface area contributed by atoms with Gasteiger partial charge in [0.2, 0.25) is 11.8 Å². The van der Waals surface area contributed by atoms with E-state index in [-0.39, 0.29) is 37.1 Å². The number of imidazole rings is 1. The van der Waals surface area contributed by atoms with Crippen molar-refractivity contribution in [1.82, 2.24) is 19.5 Å². The zero-order valence-corrected chi connectivity index (χ0v) is 10.6. The van der Waals surface area contributed by atoms with Crippen LogP contribution in [-0.4, -0.2) is 56.7 Å². The van der Waals surface area contributed by atoms with Gasteiger partial charge in [0, 0.05) is 0 Å². The van der Waals surface area contributed by atoms with Gasteiger partial charge >= 0.3 is 0 Å². The topological polar surface area (TPSA) is 121 Å². The van der Waals surface area contributed by atoms with Crippen LogP contribution in [0.5, 0.6) is 5.88 Å². The SMILES string of the molecule is COc1nc(N)nc2c1ncn2[C@@H]1O[C@H](CO)[C@H]2O[C@H]21. The van der Waals surface area contributed by atoms with Gasteiger partial charge in [-0.3, -0.25) is 4.57 Å². The van der Waals surface area contributed by atoms with Crippen molar-refractivity contribution in [1.29, 1.82) is 0 Å². The molecule has 0 spiro atoms. The van der Waals surface area contributed by atoms with Gasteiger partial charge < -0.3 is 25.1 Å². The van der Waals surface area contributed by atoms with Gasteiger partial charge in [-0.05, 0) is 0 Å². The third-order valence-corrected chi connectivity index (χ3v) is 3.58. The monoisotopic (exact) mass is 279 g/mol. The van der Waals surface area contributed by atoms with Crippen LogP contribution in [0.25, 0.3) is 11.2 Å². The predicted octanol–water partition coefficient (Wildman–Crippen LogP) is -0.926. The average molecular weight is 279 g/mol. The first-order chi connectivity index (χ1) is 9.72. The van der Waals surface area contributed by atoms with E-state index in [9.17, 15) is 5.11 Å². The number of nitrogens with zero attached hydrogens (tertiary/aromatic N) is 4. The lowest BCUT2D eigenvalue weighted by Crippen LogP contribution is -2.22. The van der Waals surface area contributed by atoms with Crippen molar-refractivity contribution >= 4 is 17.1 Å². The molecule has 0 saturated carbocycles. The standard InChI is InChI=1S/C11H13N5O4/c1-18-9-5-8(14-11(12)15-9)16(3-13-5)10-7-6(20-7)4(2-17)19-10/h3-4,6-7,10,17H,2H2,1H3,(H2,12,14,15)/t4-,6-,7-,10-/m1/s1. The van der Waals surface area contributed by atoms with Crippen LogP contribution in [0.1, 0.15) is 6.23 Å². The summed E-state index contributed by atoms with van der Waals surface area (Å²) in [6.07, 6.45) is 0.740. The molecule has 2 saturated heterocycles. The number of anilines is 1. The third kappa shape index (κ3) is 1.51. The zero-order valence-electron chi connectivity index (χ0n) is 10.6. The maximum atomic E-state index is 9.22. The van der Waals surface area contributed by atoms with Crippen molar-refractivity contribution in [2.45, 2.75) is 24.5 Å². The maximum Gasteiger partial charge on any atom is 0.246 e. The molecule has 0 bridgehead atoms. The first kappa shape index (κ1) is 11.8. The van der Waals surface area contributed by atoms with Crippen molar-refractivity contribution in [3.8, 4) is 5.88 Å². The van der Waals surface area contributed by atoms with Gasteiger partial charge in [-0.1, -0.05) is 0 Å². The van der Waals surface area contributed by atoms with Crippen molar-refractivity contribution in [3.05, 3.63) is 6.33 Å². The van der Waals surface area contributed by atoms with Gasteiger partial charge in [0.15, 0.2) is 17.4 Å². The van der Waals surface area contributed by atoms with Crippen molar-refractivity contribution in [2.75, 3.05) is 19.5 Å². The van der Waals surface area contributed by atoms with E-state index in [4.69, 9.17) is 19.9 Å². The molecule has 2 aromatic heterocycles. The number of hydrogen-bond acceptors (Lipinski definition) is 8. The van der Waals surface area contributed by atoms with Crippen LogP contribution in [0.3, 0.4) is 0 Å². The van der Waals surface area contributed by atoms with E-state index < -0.39 is 0 Å². The predicted molar refractivity (Wildman–Crippen MR) is 65.9 cm³/mol. The highest BCUT2D eigenvalue weighted by Crippen LogP contribution is 2.45. The molecule has 0 aromatic carbocycles. The quantitative estimate of drug-likeness (QED) is 0.691. The van der Waals surface area contributed by atoms with Crippen LogP contribution in [0, 0.1) is 0 Å². The first-order valence-electron chi connectivity index (χ1n) is 6.18. The molecule has 0 aliphatic carbocycles. The largest absolute Gasteiger partial charge is 0.479 e. The van der Waals surface area contributed by atoms with Crippen molar-refractivity contribution < 1.29 is 19.3 Å². The van der Waals surface area contributed by atoms with Crippen LogP contribution in [-0.2, 0) is 9.47 Å². The summed E-state index contributed by atoms with van der Waals surface area (Å²) >= 11 is 0. The fourth-order valence-electron chi connectivity index (χ4n) is 2.60. The van der Waals surface area contributed by atoms with E-state index in [1.807, 2.05) is 0 Å². The van der Waals surface area contributed by atoms with E-state index in [0.717, 1.165) is 0 Å². The van der Waals surface area contributed by atoms with E-state index in [2.05, 4.69) is 15.0 Å². The van der Waals surface area contributed by atoms with Gasteiger partial charge in [0.1, 0.15) is 18.3 Å². The summed E-state index contributed by atoms with van der Waals surface area (Å²) in [6.45, 7) is -0.0786. The lowest BCUT2D eigenvalue weighted by molar-refractivity contribution is -0.0823. The van der Waals surface area contributed by atoms with Gasteiger partial charge in [-0.15, -0.1) is 0 Å². The maximum absolute atomic E-state index is 9.22. The van der Waals surface area contributed by atoms with Crippen molar-refractivity contribution in [2.24, 2.45) is 0 Å². The number of epoxide rings is 1. The number of nitrogen functional groups attached to an aromatic ring is 1. The second kappa shape index (κ2) is 4.01. The van der Waals surface area contributed by atoms with Crippen LogP contribution < -0.4 is 10.5 Å². The molecule has 2 aliphatic rings. The summed E-state index contributed by atoms with van der Waals surface area (Å²) in [6, 6.07) is 0. The minimum Gasteiger partial charge on any atom is -0.479 e. The second-order valence-electron chi connectivity index (χ2n) is 4.73. The van der Waals surface area contributed by atoms with Crippen LogP contribution in [0.4, 0.5) is 5.95 Å². The van der Waals surface area contributed by atoms with E-state index >= 15 is 0 Å². The molecule has 2 fully saturated rings. The number of aliphatic hydroxyl groups is 1. The summed E-state index contributed by atoms with van der Waals surface area (Å²) in [4.78, 5) is 12.4. The second-order valence-corrected chi connectivity index (χ2v) is 4.73. The number of aromatic nitrogens is 4. The minimum atomic E-state index is -0.374. The molecule has 2 aliphatic heterocycles. The van der Waals surface area contributed by atoms with Crippen LogP contribution >= 0.6 is 0 Å². The van der Waals surface area contributed by atoms with Gasteiger partial charge in [-0.2, -0.15) is 9.97 Å². The number of methoxy groups -OCH3 is 1. The van der Waals surface area contributed by atoms with Gasteiger partial charge in [0.05, 0.1) is 20.0 Å². The Morgan fingerprint density at radius 2 is 2.25 bits per heavy atom. The zero-order chi connectivity index (χ0) is 13.9. The summed E-state index contributed by atoms with van der Waals surface area (Å²) in [7, 11) is 1.49. The van der Waals surface area contributed by atoms with Crippen LogP contribution in [0.2, 0.25) is 0 Å². The Morgan fingerprint density at radius 3 is 2.95 bits per heavy atom. The number of rotatable bonds is 3. The number of fused-ring (bicyclic) bond motifs is 2. The average Bonchev–Trinajstić information content (AvgIpc) is 2.99. The van der Waals surface area contributed by atoms with Crippen LogP contribution in [0.15, 0.2) is 6.33 Å². The summed E-state index contributed by atoms with van der Waals surface area (Å²) in [5, 5.41) is 9.22. The highest BCUT2D eigenvalue weighted by molar-refractivity contribution is 5.77. The van der Waals surface area contributed by atoms with Gasteiger partial charge in [0.25, 0.3) is 0 Å². The molecule has 9 nitrogen and oxygen atoms in total. The summed E-state index contributed by atoms with van der Waals surface area (Å²) < 4.78 is 18.1. The fraction of sp³-hybridized carbons (Fsp3) is 0.545. The summed E-state index contributed by atoms with van der Waals surface area (Å²) in [5.74, 6) is 0.414. The molecule has 4 rings (SSSR count). The highest BCUT2D eigenvalue weighted by atomic mass is 16.7. The number of aliphatic hydroxyl groups excluding tert-OH is 1. The molecule has 106 valence electrons. The lowest BCUT2D eigenvalue weighted by atomic mass is 10.2. The molecule has 0 unspecified atom stereocenters. The van der Waals surface area contributed by atoms with E-state index in [1.54, 1.807) is 10.9 Å². The van der Waals surface area contributed by atoms with E-state index in [1.165, 1.54) is 7.11 Å². The molecule has 2 aromatic rings. The third-order valence-electron chi connectivity index (χ3n) is 3.58. The van der Waals surface area contributed by atoms with E-state index in [0.29, 0.717) is 17.0 Å². The molecule has 9 heteroatoms. The Hall–Kier alpha value is -1.97. The molecular formula is C11H13N5O4. The minimum absolute atomic E-state index is 0.0662. The Bertz CT molecular complexity index is 674.